The van der Waals surface area contributed by atoms with Crippen LogP contribution in [-0.4, -0.2) is 21.6 Å². The van der Waals surface area contributed by atoms with Gasteiger partial charge in [0.25, 0.3) is 0 Å². The lowest BCUT2D eigenvalue weighted by atomic mass is 10.3. The van der Waals surface area contributed by atoms with Gasteiger partial charge in [-0.1, -0.05) is 11.6 Å². The van der Waals surface area contributed by atoms with E-state index >= 15 is 0 Å². The Kier molecular flexibility index (Phi) is 2.98. The first-order chi connectivity index (χ1) is 7.20. The van der Waals surface area contributed by atoms with Crippen molar-refractivity contribution >= 4 is 29.0 Å². The molecule has 0 spiro atoms. The zero-order valence-electron chi connectivity index (χ0n) is 7.82. The molecular formula is C9H9Cl2N3O. The van der Waals surface area contributed by atoms with Crippen molar-refractivity contribution in [1.29, 1.82) is 0 Å². The number of rotatable bonds is 1. The van der Waals surface area contributed by atoms with Crippen molar-refractivity contribution in [1.82, 2.24) is 9.97 Å². The molecule has 1 saturated heterocycles. The first-order valence-corrected chi connectivity index (χ1v) is 5.27. The van der Waals surface area contributed by atoms with Crippen LogP contribution in [-0.2, 0) is 0 Å². The van der Waals surface area contributed by atoms with E-state index in [9.17, 15) is 0 Å². The summed E-state index contributed by atoms with van der Waals surface area (Å²) in [6.07, 6.45) is 2.90. The van der Waals surface area contributed by atoms with Gasteiger partial charge in [0.05, 0.1) is 12.0 Å². The monoisotopic (exact) mass is 245 g/mol. The summed E-state index contributed by atoms with van der Waals surface area (Å²) in [5.41, 5.74) is 0.820. The van der Waals surface area contributed by atoms with Gasteiger partial charge in [0.15, 0.2) is 0 Å². The van der Waals surface area contributed by atoms with Gasteiger partial charge in [0, 0.05) is 12.6 Å². The Morgan fingerprint density at radius 2 is 2.20 bits per heavy atom. The quantitative estimate of drug-likeness (QED) is 0.470. The maximum Gasteiger partial charge on any atom is 0.225 e. The summed E-state index contributed by atoms with van der Waals surface area (Å²) >= 11 is 11.5. The number of aliphatic hydroxyl groups excluding tert-OH is 1. The Morgan fingerprint density at radius 3 is 2.87 bits per heavy atom. The summed E-state index contributed by atoms with van der Waals surface area (Å²) in [7, 11) is 0. The second-order valence-corrected chi connectivity index (χ2v) is 3.92. The van der Waals surface area contributed by atoms with Crippen LogP contribution in [0, 0.1) is 0 Å². The molecule has 0 aromatic carbocycles. The van der Waals surface area contributed by atoms with Gasteiger partial charge in [-0.2, -0.15) is 0 Å². The van der Waals surface area contributed by atoms with E-state index < -0.39 is 0 Å². The highest BCUT2D eigenvalue weighted by molar-refractivity contribution is 6.32. The minimum atomic E-state index is 0.113. The van der Waals surface area contributed by atoms with E-state index in [1.54, 1.807) is 6.07 Å². The van der Waals surface area contributed by atoms with Crippen LogP contribution in [0.3, 0.4) is 0 Å². The van der Waals surface area contributed by atoms with Gasteiger partial charge in [-0.25, -0.2) is 9.97 Å². The Hall–Kier alpha value is -1.000. The molecule has 1 aliphatic heterocycles. The zero-order valence-corrected chi connectivity index (χ0v) is 9.33. The number of aromatic nitrogens is 2. The lowest BCUT2D eigenvalue weighted by molar-refractivity contribution is 0.464. The summed E-state index contributed by atoms with van der Waals surface area (Å²) < 4.78 is 0. The first-order valence-electron chi connectivity index (χ1n) is 4.51. The van der Waals surface area contributed by atoms with Crippen molar-refractivity contribution in [2.24, 2.45) is 0 Å². The second kappa shape index (κ2) is 4.24. The molecule has 15 heavy (non-hydrogen) atoms. The Morgan fingerprint density at radius 1 is 1.40 bits per heavy atom. The number of hydrogen-bond acceptors (Lipinski definition) is 4. The topological polar surface area (TPSA) is 49.2 Å². The smallest absolute Gasteiger partial charge is 0.225 e. The average molecular weight is 246 g/mol. The zero-order chi connectivity index (χ0) is 10.8. The molecule has 0 atom stereocenters. The average Bonchev–Trinajstić information content (AvgIpc) is 2.63. The second-order valence-electron chi connectivity index (χ2n) is 3.19. The molecular weight excluding hydrogens is 237 g/mol. The van der Waals surface area contributed by atoms with Gasteiger partial charge < -0.3 is 10.0 Å². The van der Waals surface area contributed by atoms with E-state index in [-0.39, 0.29) is 5.28 Å². The molecule has 0 aliphatic carbocycles. The van der Waals surface area contributed by atoms with Crippen LogP contribution >= 0.6 is 23.2 Å². The van der Waals surface area contributed by atoms with Crippen LogP contribution < -0.4 is 4.90 Å². The van der Waals surface area contributed by atoms with Crippen LogP contribution in [0.25, 0.3) is 0 Å². The maximum atomic E-state index is 9.02. The Bertz CT molecular complexity index is 388. The minimum absolute atomic E-state index is 0.113. The highest BCUT2D eigenvalue weighted by Gasteiger charge is 2.20. The first kappa shape index (κ1) is 10.5. The van der Waals surface area contributed by atoms with Gasteiger partial charge in [0.1, 0.15) is 11.0 Å². The van der Waals surface area contributed by atoms with Crippen LogP contribution in [0.2, 0.25) is 10.4 Å². The number of anilines is 1. The van der Waals surface area contributed by atoms with Crippen molar-refractivity contribution in [3.05, 3.63) is 28.5 Å². The van der Waals surface area contributed by atoms with Gasteiger partial charge in [-0.15, -0.1) is 0 Å². The third kappa shape index (κ3) is 2.16. The fourth-order valence-electron chi connectivity index (χ4n) is 1.61. The standard InChI is InChI=1S/C9H9Cl2N3O/c10-7-4-8(13-9(11)12-7)14-3-1-2-6(14)5-15/h4-5,15H,1-3H2/b6-5-. The summed E-state index contributed by atoms with van der Waals surface area (Å²) in [5, 5.41) is 9.44. The third-order valence-electron chi connectivity index (χ3n) is 2.24. The summed E-state index contributed by atoms with van der Waals surface area (Å²) in [6.45, 7) is 0.802. The van der Waals surface area contributed by atoms with E-state index in [4.69, 9.17) is 28.3 Å². The minimum Gasteiger partial charge on any atom is -0.514 e. The molecule has 2 heterocycles. The number of allylic oxidation sites excluding steroid dienone is 1. The molecule has 1 aromatic rings. The van der Waals surface area contributed by atoms with Crippen molar-refractivity contribution < 1.29 is 5.11 Å². The van der Waals surface area contributed by atoms with Crippen LogP contribution in [0.15, 0.2) is 18.0 Å². The lowest BCUT2D eigenvalue weighted by Gasteiger charge is -2.17. The van der Waals surface area contributed by atoms with Gasteiger partial charge in [-0.05, 0) is 24.4 Å². The molecule has 0 bridgehead atoms. The molecule has 1 N–H and O–H groups in total. The van der Waals surface area contributed by atoms with Crippen molar-refractivity contribution in [2.45, 2.75) is 12.8 Å². The third-order valence-corrected chi connectivity index (χ3v) is 2.60. The van der Waals surface area contributed by atoms with Gasteiger partial charge >= 0.3 is 0 Å². The number of halogens is 2. The lowest BCUT2D eigenvalue weighted by Crippen LogP contribution is -2.17. The van der Waals surface area contributed by atoms with Crippen molar-refractivity contribution in [2.75, 3.05) is 11.4 Å². The molecule has 0 saturated carbocycles. The predicted molar refractivity (Wildman–Crippen MR) is 59.3 cm³/mol. The summed E-state index contributed by atoms with van der Waals surface area (Å²) in [5.74, 6) is 0.623. The van der Waals surface area contributed by atoms with Crippen molar-refractivity contribution in [3.8, 4) is 0 Å². The SMILES string of the molecule is O/C=C1/CCCN1c1cc(Cl)nc(Cl)n1. The molecule has 1 fully saturated rings. The molecule has 6 heteroatoms. The normalized spacial score (nSPS) is 18.8. The maximum absolute atomic E-state index is 9.02. The predicted octanol–water partition coefficient (Wildman–Crippen LogP) is 2.78. The fraction of sp³-hybridized carbons (Fsp3) is 0.333. The molecule has 2 rings (SSSR count). The van der Waals surface area contributed by atoms with Gasteiger partial charge in [0.2, 0.25) is 5.28 Å². The fourth-order valence-corrected chi connectivity index (χ4v) is 2.01. The Labute approximate surface area is 97.2 Å². The molecule has 4 nitrogen and oxygen atoms in total. The van der Waals surface area contributed by atoms with Crippen LogP contribution in [0.5, 0.6) is 0 Å². The van der Waals surface area contributed by atoms with E-state index in [0.29, 0.717) is 11.0 Å². The van der Waals surface area contributed by atoms with E-state index in [2.05, 4.69) is 9.97 Å². The van der Waals surface area contributed by atoms with Crippen molar-refractivity contribution in [3.63, 3.8) is 0 Å². The van der Waals surface area contributed by atoms with E-state index in [1.165, 1.54) is 0 Å². The van der Waals surface area contributed by atoms with Crippen LogP contribution in [0.4, 0.5) is 5.82 Å². The molecule has 1 aliphatic rings. The van der Waals surface area contributed by atoms with Gasteiger partial charge in [-0.3, -0.25) is 0 Å². The molecule has 80 valence electrons. The molecule has 1 aromatic heterocycles. The van der Waals surface area contributed by atoms with E-state index in [0.717, 1.165) is 31.3 Å². The number of aliphatic hydroxyl groups is 1. The largest absolute Gasteiger partial charge is 0.514 e. The highest BCUT2D eigenvalue weighted by Crippen LogP contribution is 2.28. The van der Waals surface area contributed by atoms with E-state index in [1.807, 2.05) is 4.90 Å². The Balaban J connectivity index is 2.36. The number of nitrogens with zero attached hydrogens (tertiary/aromatic N) is 3. The molecule has 0 unspecified atom stereocenters. The highest BCUT2D eigenvalue weighted by atomic mass is 35.5. The van der Waals surface area contributed by atoms with Crippen LogP contribution in [0.1, 0.15) is 12.8 Å². The molecule has 0 amide bonds. The number of hydrogen-bond donors (Lipinski definition) is 1. The summed E-state index contributed by atoms with van der Waals surface area (Å²) in [4.78, 5) is 9.70. The molecule has 0 radical (unpaired) electrons. The summed E-state index contributed by atoms with van der Waals surface area (Å²) in [6, 6.07) is 1.63.